The molecule has 3 aromatic rings. The van der Waals surface area contributed by atoms with Crippen LogP contribution in [0.4, 0.5) is 11.4 Å². The van der Waals surface area contributed by atoms with Gasteiger partial charge < -0.3 is 4.74 Å². The van der Waals surface area contributed by atoms with Crippen molar-refractivity contribution in [3.63, 3.8) is 0 Å². The molecule has 154 valence electrons. The maximum absolute atomic E-state index is 13.3. The van der Waals surface area contributed by atoms with Crippen LogP contribution in [0, 0.1) is 10.1 Å². The lowest BCUT2D eigenvalue weighted by Gasteiger charge is -2.19. The van der Waals surface area contributed by atoms with Crippen LogP contribution < -0.4 is 9.64 Å². The molecule has 0 atom stereocenters. The van der Waals surface area contributed by atoms with Crippen molar-refractivity contribution in [1.82, 2.24) is 0 Å². The van der Waals surface area contributed by atoms with Gasteiger partial charge in [-0.2, -0.15) is 0 Å². The molecule has 1 aliphatic rings. The minimum atomic E-state index is -0.480. The first-order chi connectivity index (χ1) is 15.0. The summed E-state index contributed by atoms with van der Waals surface area (Å²) in [7, 11) is 1.57. The quantitative estimate of drug-likeness (QED) is 0.287. The van der Waals surface area contributed by atoms with Crippen molar-refractivity contribution in [1.29, 1.82) is 0 Å². The summed E-state index contributed by atoms with van der Waals surface area (Å²) in [5.74, 6) is 0.724. The van der Waals surface area contributed by atoms with E-state index in [1.807, 2.05) is 24.3 Å². The van der Waals surface area contributed by atoms with Gasteiger partial charge in [0.25, 0.3) is 11.6 Å². The zero-order valence-electron chi connectivity index (χ0n) is 16.4. The smallest absolute Gasteiger partial charge is 0.282 e. The van der Waals surface area contributed by atoms with Gasteiger partial charge in [0.15, 0.2) is 0 Å². The molecule has 0 radical (unpaired) electrons. The molecule has 0 fully saturated rings. The Hall–Kier alpha value is -3.78. The minimum absolute atomic E-state index is 0.0916. The zero-order chi connectivity index (χ0) is 22.0. The molecule has 3 aromatic carbocycles. The topological polar surface area (TPSA) is 85.0 Å². The van der Waals surface area contributed by atoms with Crippen molar-refractivity contribution in [2.75, 3.05) is 12.0 Å². The Kier molecular flexibility index (Phi) is 5.64. The fourth-order valence-corrected chi connectivity index (χ4v) is 3.47. The maximum atomic E-state index is 13.3. The highest BCUT2D eigenvalue weighted by Crippen LogP contribution is 2.31. The lowest BCUT2D eigenvalue weighted by molar-refractivity contribution is -0.385. The summed E-state index contributed by atoms with van der Waals surface area (Å²) in [5.41, 5.74) is 1.68. The highest BCUT2D eigenvalue weighted by atomic mass is 79.9. The number of carbonyl (C=O) groups excluding carboxylic acids is 1. The Labute approximate surface area is 186 Å². The minimum Gasteiger partial charge on any atom is -0.497 e. The van der Waals surface area contributed by atoms with Gasteiger partial charge >= 0.3 is 0 Å². The number of amides is 1. The highest BCUT2D eigenvalue weighted by molar-refractivity contribution is 9.10. The maximum Gasteiger partial charge on any atom is 0.282 e. The molecule has 0 aromatic heterocycles. The van der Waals surface area contributed by atoms with Gasteiger partial charge in [0, 0.05) is 16.1 Å². The van der Waals surface area contributed by atoms with E-state index in [1.54, 1.807) is 49.6 Å². The molecule has 0 saturated carbocycles. The lowest BCUT2D eigenvalue weighted by atomic mass is 10.1. The lowest BCUT2D eigenvalue weighted by Crippen LogP contribution is -2.32. The van der Waals surface area contributed by atoms with Gasteiger partial charge in [-0.1, -0.05) is 40.2 Å². The number of ether oxygens (including phenoxy) is 1. The normalized spacial score (nSPS) is 14.6. The number of nitro benzene ring substituents is 1. The first-order valence-corrected chi connectivity index (χ1v) is 10.1. The van der Waals surface area contributed by atoms with Crippen LogP contribution in [0.3, 0.4) is 0 Å². The number of carbonyl (C=O) groups is 1. The van der Waals surface area contributed by atoms with E-state index in [1.165, 1.54) is 17.0 Å². The predicted molar refractivity (Wildman–Crippen MR) is 122 cm³/mol. The number of nitro groups is 1. The molecule has 1 aliphatic heterocycles. The summed E-state index contributed by atoms with van der Waals surface area (Å²) < 4.78 is 6.10. The molecule has 0 aliphatic carbocycles. The third-order valence-electron chi connectivity index (χ3n) is 4.72. The molecule has 0 N–H and O–H groups in total. The van der Waals surface area contributed by atoms with Gasteiger partial charge in [0.05, 0.1) is 23.3 Å². The SMILES string of the molecule is COc1ccc(N2C(=O)/C(=C\c3ccccc3[N+](=O)[O-])N=C2c2ccc(Br)cc2)cc1. The first kappa shape index (κ1) is 20.5. The van der Waals surface area contributed by atoms with Crippen LogP contribution in [0.2, 0.25) is 0 Å². The monoisotopic (exact) mass is 477 g/mol. The summed E-state index contributed by atoms with van der Waals surface area (Å²) in [6.07, 6.45) is 1.45. The fraction of sp³-hybridized carbons (Fsp3) is 0.0435. The van der Waals surface area contributed by atoms with E-state index in [-0.39, 0.29) is 17.3 Å². The van der Waals surface area contributed by atoms with Crippen LogP contribution >= 0.6 is 15.9 Å². The van der Waals surface area contributed by atoms with Crippen molar-refractivity contribution in [2.45, 2.75) is 0 Å². The highest BCUT2D eigenvalue weighted by Gasteiger charge is 2.33. The van der Waals surface area contributed by atoms with Gasteiger partial charge in [-0.25, -0.2) is 4.99 Å². The molecule has 1 amide bonds. The van der Waals surface area contributed by atoms with Crippen molar-refractivity contribution >= 4 is 45.1 Å². The summed E-state index contributed by atoms with van der Waals surface area (Å²) in [5, 5.41) is 11.4. The van der Waals surface area contributed by atoms with Gasteiger partial charge in [-0.3, -0.25) is 19.8 Å². The Morgan fingerprint density at radius 3 is 2.35 bits per heavy atom. The second-order valence-electron chi connectivity index (χ2n) is 6.63. The van der Waals surface area contributed by atoms with E-state index in [0.717, 1.165) is 10.0 Å². The van der Waals surface area contributed by atoms with Gasteiger partial charge in [0.2, 0.25) is 0 Å². The van der Waals surface area contributed by atoms with Crippen molar-refractivity contribution in [3.8, 4) is 5.75 Å². The van der Waals surface area contributed by atoms with Crippen molar-refractivity contribution in [3.05, 3.63) is 104 Å². The third-order valence-corrected chi connectivity index (χ3v) is 5.25. The molecule has 8 heteroatoms. The summed E-state index contributed by atoms with van der Waals surface area (Å²) >= 11 is 3.41. The van der Waals surface area contributed by atoms with Crippen LogP contribution in [0.5, 0.6) is 5.75 Å². The third kappa shape index (κ3) is 4.10. The van der Waals surface area contributed by atoms with E-state index in [4.69, 9.17) is 4.74 Å². The second-order valence-corrected chi connectivity index (χ2v) is 7.54. The summed E-state index contributed by atoms with van der Waals surface area (Å²) in [4.78, 5) is 30.3. The second kappa shape index (κ2) is 8.53. The van der Waals surface area contributed by atoms with Crippen LogP contribution in [0.15, 0.2) is 88.0 Å². The number of hydrogen-bond donors (Lipinski definition) is 0. The molecule has 4 rings (SSSR count). The predicted octanol–water partition coefficient (Wildman–Crippen LogP) is 5.20. The number of anilines is 1. The first-order valence-electron chi connectivity index (χ1n) is 9.26. The molecule has 0 unspecified atom stereocenters. The van der Waals surface area contributed by atoms with E-state index >= 15 is 0 Å². The summed E-state index contributed by atoms with van der Waals surface area (Å²) in [6.45, 7) is 0. The molecular formula is C23H16BrN3O4. The number of amidine groups is 1. The molecule has 7 nitrogen and oxygen atoms in total. The van der Waals surface area contributed by atoms with E-state index in [0.29, 0.717) is 22.8 Å². The Morgan fingerprint density at radius 1 is 1.03 bits per heavy atom. The number of methoxy groups -OCH3 is 1. The van der Waals surface area contributed by atoms with E-state index < -0.39 is 4.92 Å². The standard InChI is InChI=1S/C23H16BrN3O4/c1-31-19-12-10-18(11-13-19)26-22(15-6-8-17(24)9-7-15)25-20(23(26)28)14-16-4-2-3-5-21(16)27(29)30/h2-14H,1H3/b20-14+. The summed E-state index contributed by atoms with van der Waals surface area (Å²) in [6, 6.07) is 20.7. The molecule has 0 bridgehead atoms. The van der Waals surface area contributed by atoms with Crippen LogP contribution in [-0.4, -0.2) is 23.8 Å². The number of nitrogens with zero attached hydrogens (tertiary/aromatic N) is 3. The number of benzene rings is 3. The largest absolute Gasteiger partial charge is 0.497 e. The molecule has 1 heterocycles. The van der Waals surface area contributed by atoms with Crippen molar-refractivity contribution < 1.29 is 14.5 Å². The average Bonchev–Trinajstić information content (AvgIpc) is 3.10. The fourth-order valence-electron chi connectivity index (χ4n) is 3.20. The molecular weight excluding hydrogens is 462 g/mol. The Morgan fingerprint density at radius 2 is 1.71 bits per heavy atom. The van der Waals surface area contributed by atoms with Gasteiger partial charge in [-0.05, 0) is 48.5 Å². The Bertz CT molecular complexity index is 1220. The molecule has 0 saturated heterocycles. The van der Waals surface area contributed by atoms with Crippen LogP contribution in [0.1, 0.15) is 11.1 Å². The molecule has 31 heavy (non-hydrogen) atoms. The average molecular weight is 478 g/mol. The van der Waals surface area contributed by atoms with Crippen molar-refractivity contribution in [2.24, 2.45) is 4.99 Å². The Balaban J connectivity index is 1.83. The van der Waals surface area contributed by atoms with E-state index in [2.05, 4.69) is 20.9 Å². The number of halogens is 1. The number of rotatable bonds is 5. The van der Waals surface area contributed by atoms with Crippen LogP contribution in [-0.2, 0) is 4.79 Å². The number of para-hydroxylation sites is 1. The van der Waals surface area contributed by atoms with E-state index in [9.17, 15) is 14.9 Å². The zero-order valence-corrected chi connectivity index (χ0v) is 17.9. The van der Waals surface area contributed by atoms with Gasteiger partial charge in [0.1, 0.15) is 17.3 Å². The number of aliphatic imine (C=N–C) groups is 1. The van der Waals surface area contributed by atoms with Gasteiger partial charge in [-0.15, -0.1) is 0 Å². The molecule has 0 spiro atoms. The van der Waals surface area contributed by atoms with Crippen LogP contribution in [0.25, 0.3) is 6.08 Å². The number of hydrogen-bond acceptors (Lipinski definition) is 5.